The lowest BCUT2D eigenvalue weighted by Gasteiger charge is -2.12. The number of rotatable bonds is 6. The van der Waals surface area contributed by atoms with Crippen molar-refractivity contribution in [2.24, 2.45) is 10.7 Å². The summed E-state index contributed by atoms with van der Waals surface area (Å²) in [4.78, 5) is 5.59. The molecule has 0 aliphatic rings. The number of hydrogen-bond donors (Lipinski definition) is 2. The van der Waals surface area contributed by atoms with Gasteiger partial charge in [-0.25, -0.2) is 0 Å². The van der Waals surface area contributed by atoms with Gasteiger partial charge in [-0.15, -0.1) is 11.3 Å². The maximum Gasteiger partial charge on any atom is 0.188 e. The van der Waals surface area contributed by atoms with Gasteiger partial charge in [0.1, 0.15) is 0 Å². The number of nitrogens with zero attached hydrogens (tertiary/aromatic N) is 1. The van der Waals surface area contributed by atoms with E-state index in [9.17, 15) is 0 Å². The van der Waals surface area contributed by atoms with Gasteiger partial charge in [0.25, 0.3) is 0 Å². The van der Waals surface area contributed by atoms with E-state index in [-0.39, 0.29) is 6.04 Å². The fourth-order valence-corrected chi connectivity index (χ4v) is 2.03. The topological polar surface area (TPSA) is 59.6 Å². The minimum Gasteiger partial charge on any atom is -0.383 e. The molecule has 0 saturated heterocycles. The van der Waals surface area contributed by atoms with E-state index in [0.29, 0.717) is 12.6 Å². The van der Waals surface area contributed by atoms with Crippen LogP contribution in [0, 0.1) is 0 Å². The van der Waals surface area contributed by atoms with Crippen molar-refractivity contribution < 1.29 is 4.74 Å². The molecule has 90 valence electrons. The highest BCUT2D eigenvalue weighted by Gasteiger charge is 2.01. The smallest absolute Gasteiger partial charge is 0.188 e. The summed E-state index contributed by atoms with van der Waals surface area (Å²) >= 11 is 1.75. The summed E-state index contributed by atoms with van der Waals surface area (Å²) in [6, 6.07) is 4.35. The average Bonchev–Trinajstić information content (AvgIpc) is 2.70. The van der Waals surface area contributed by atoms with Gasteiger partial charge in [0, 0.05) is 31.0 Å². The zero-order valence-electron chi connectivity index (χ0n) is 9.77. The van der Waals surface area contributed by atoms with Crippen molar-refractivity contribution in [3.05, 3.63) is 22.4 Å². The number of methoxy groups -OCH3 is 1. The first-order chi connectivity index (χ1) is 7.72. The zero-order chi connectivity index (χ0) is 11.8. The Bertz CT molecular complexity index is 311. The first-order valence-corrected chi connectivity index (χ1v) is 6.18. The summed E-state index contributed by atoms with van der Waals surface area (Å²) in [6.45, 7) is 3.35. The lowest BCUT2D eigenvalue weighted by molar-refractivity contribution is 0.179. The molecule has 0 saturated carbocycles. The molecular weight excluding hydrogens is 222 g/mol. The van der Waals surface area contributed by atoms with Crippen LogP contribution < -0.4 is 11.1 Å². The molecule has 1 aromatic heterocycles. The van der Waals surface area contributed by atoms with Crippen LogP contribution in [-0.2, 0) is 11.2 Å². The molecule has 0 fully saturated rings. The molecule has 1 aromatic rings. The van der Waals surface area contributed by atoms with Crippen molar-refractivity contribution in [1.29, 1.82) is 0 Å². The summed E-state index contributed by atoms with van der Waals surface area (Å²) in [7, 11) is 1.67. The van der Waals surface area contributed by atoms with Gasteiger partial charge < -0.3 is 15.8 Å². The molecule has 0 spiro atoms. The minimum absolute atomic E-state index is 0.190. The van der Waals surface area contributed by atoms with Crippen LogP contribution in [0.4, 0.5) is 0 Å². The van der Waals surface area contributed by atoms with Crippen molar-refractivity contribution in [2.45, 2.75) is 19.4 Å². The highest BCUT2D eigenvalue weighted by Crippen LogP contribution is 2.08. The van der Waals surface area contributed by atoms with E-state index in [1.165, 1.54) is 4.88 Å². The first-order valence-electron chi connectivity index (χ1n) is 5.30. The van der Waals surface area contributed by atoms with Gasteiger partial charge in [0.2, 0.25) is 0 Å². The van der Waals surface area contributed by atoms with Crippen LogP contribution in [0.25, 0.3) is 0 Å². The maximum atomic E-state index is 5.73. The fraction of sp³-hybridized carbons (Fsp3) is 0.545. The molecule has 16 heavy (non-hydrogen) atoms. The molecule has 5 heteroatoms. The van der Waals surface area contributed by atoms with Gasteiger partial charge in [0.15, 0.2) is 5.96 Å². The second kappa shape index (κ2) is 7.24. The molecule has 0 unspecified atom stereocenters. The Hall–Kier alpha value is -1.07. The standard InChI is InChI=1S/C11H19N3OS/c1-9(8-15-2)14-11(12)13-6-5-10-4-3-7-16-10/h3-4,7,9H,5-6,8H2,1-2H3,(H3,12,13,14)/t9-/m0/s1. The van der Waals surface area contributed by atoms with E-state index in [4.69, 9.17) is 10.5 Å². The molecule has 1 heterocycles. The van der Waals surface area contributed by atoms with E-state index in [1.54, 1.807) is 18.4 Å². The second-order valence-electron chi connectivity index (χ2n) is 3.60. The quantitative estimate of drug-likeness (QED) is 0.582. The summed E-state index contributed by atoms with van der Waals surface area (Å²) in [5.41, 5.74) is 5.73. The predicted octanol–water partition coefficient (Wildman–Crippen LogP) is 1.23. The van der Waals surface area contributed by atoms with Crippen LogP contribution in [0.2, 0.25) is 0 Å². The minimum atomic E-state index is 0.190. The largest absolute Gasteiger partial charge is 0.383 e. The second-order valence-corrected chi connectivity index (χ2v) is 4.63. The van der Waals surface area contributed by atoms with E-state index < -0.39 is 0 Å². The molecule has 0 aliphatic heterocycles. The van der Waals surface area contributed by atoms with Crippen LogP contribution in [0.15, 0.2) is 22.5 Å². The Kier molecular flexibility index (Phi) is 5.88. The van der Waals surface area contributed by atoms with E-state index in [2.05, 4.69) is 21.8 Å². The van der Waals surface area contributed by atoms with E-state index in [0.717, 1.165) is 13.0 Å². The van der Waals surface area contributed by atoms with Crippen molar-refractivity contribution in [3.63, 3.8) is 0 Å². The van der Waals surface area contributed by atoms with Crippen molar-refractivity contribution >= 4 is 17.3 Å². The fourth-order valence-electron chi connectivity index (χ4n) is 1.33. The van der Waals surface area contributed by atoms with Gasteiger partial charge in [-0.1, -0.05) is 6.07 Å². The Balaban J connectivity index is 2.23. The Morgan fingerprint density at radius 1 is 1.69 bits per heavy atom. The Morgan fingerprint density at radius 3 is 3.12 bits per heavy atom. The van der Waals surface area contributed by atoms with Crippen LogP contribution in [-0.4, -0.2) is 32.3 Å². The first kappa shape index (κ1) is 13.0. The van der Waals surface area contributed by atoms with Crippen molar-refractivity contribution in [1.82, 2.24) is 5.32 Å². The predicted molar refractivity (Wildman–Crippen MR) is 69.0 cm³/mol. The number of ether oxygens (including phenoxy) is 1. The summed E-state index contributed by atoms with van der Waals surface area (Å²) < 4.78 is 5.00. The molecule has 1 atom stereocenters. The molecule has 0 bridgehead atoms. The normalized spacial score (nSPS) is 13.8. The van der Waals surface area contributed by atoms with Crippen LogP contribution >= 0.6 is 11.3 Å². The van der Waals surface area contributed by atoms with Gasteiger partial charge in [-0.3, -0.25) is 4.99 Å². The van der Waals surface area contributed by atoms with Crippen molar-refractivity contribution in [2.75, 3.05) is 20.3 Å². The number of thiophene rings is 1. The summed E-state index contributed by atoms with van der Waals surface area (Å²) in [5.74, 6) is 0.487. The molecule has 0 aliphatic carbocycles. The molecule has 4 nitrogen and oxygen atoms in total. The number of aliphatic imine (C=N–C) groups is 1. The summed E-state index contributed by atoms with van der Waals surface area (Å²) in [6.07, 6.45) is 0.943. The van der Waals surface area contributed by atoms with E-state index in [1.807, 2.05) is 13.0 Å². The van der Waals surface area contributed by atoms with Gasteiger partial charge >= 0.3 is 0 Å². The van der Waals surface area contributed by atoms with Gasteiger partial charge in [-0.05, 0) is 18.4 Å². The van der Waals surface area contributed by atoms with Gasteiger partial charge in [-0.2, -0.15) is 0 Å². The lowest BCUT2D eigenvalue weighted by Crippen LogP contribution is -2.40. The van der Waals surface area contributed by atoms with Gasteiger partial charge in [0.05, 0.1) is 6.61 Å². The van der Waals surface area contributed by atoms with Crippen LogP contribution in [0.1, 0.15) is 11.8 Å². The lowest BCUT2D eigenvalue weighted by atomic mass is 10.3. The monoisotopic (exact) mass is 241 g/mol. The molecule has 3 N–H and O–H groups in total. The van der Waals surface area contributed by atoms with E-state index >= 15 is 0 Å². The highest BCUT2D eigenvalue weighted by molar-refractivity contribution is 7.09. The number of nitrogens with two attached hydrogens (primary N) is 1. The number of nitrogens with one attached hydrogen (secondary N) is 1. The average molecular weight is 241 g/mol. The number of hydrogen-bond acceptors (Lipinski definition) is 3. The molecule has 0 amide bonds. The third kappa shape index (κ3) is 5.14. The Labute approximate surface area is 101 Å². The Morgan fingerprint density at radius 2 is 2.50 bits per heavy atom. The molecule has 1 rings (SSSR count). The highest BCUT2D eigenvalue weighted by atomic mass is 32.1. The van der Waals surface area contributed by atoms with Crippen molar-refractivity contribution in [3.8, 4) is 0 Å². The molecular formula is C11H19N3OS. The van der Waals surface area contributed by atoms with Crippen LogP contribution in [0.3, 0.4) is 0 Å². The zero-order valence-corrected chi connectivity index (χ0v) is 10.6. The molecule has 0 aromatic carbocycles. The SMILES string of the molecule is COC[C@H](C)NC(N)=NCCc1cccs1. The summed E-state index contributed by atoms with van der Waals surface area (Å²) in [5, 5.41) is 5.14. The maximum absolute atomic E-state index is 5.73. The molecule has 0 radical (unpaired) electrons. The number of guanidine groups is 1. The third-order valence-electron chi connectivity index (χ3n) is 2.03. The third-order valence-corrected chi connectivity index (χ3v) is 2.97. The van der Waals surface area contributed by atoms with Crippen LogP contribution in [0.5, 0.6) is 0 Å².